The van der Waals surface area contributed by atoms with Crippen LogP contribution in [0.2, 0.25) is 0 Å². The normalized spacial score (nSPS) is 11.9. The van der Waals surface area contributed by atoms with Crippen molar-refractivity contribution in [2.75, 3.05) is 0 Å². The van der Waals surface area contributed by atoms with Crippen LogP contribution in [0, 0.1) is 17.5 Å². The fourth-order valence-corrected chi connectivity index (χ4v) is 5.00. The van der Waals surface area contributed by atoms with Gasteiger partial charge in [0.1, 0.15) is 17.5 Å². The molecule has 0 radical (unpaired) electrons. The van der Waals surface area contributed by atoms with Crippen LogP contribution in [0.15, 0.2) is 83.6 Å². The number of fused-ring (bicyclic) bond motifs is 1. The van der Waals surface area contributed by atoms with Crippen molar-refractivity contribution in [3.05, 3.63) is 123 Å². The Balaban J connectivity index is 1.52. The largest absolute Gasteiger partial charge is 0.361 e. The van der Waals surface area contributed by atoms with Gasteiger partial charge in [-0.2, -0.15) is 0 Å². The molecular formula is C30H21BrF3N3O2. The molecule has 0 aliphatic heterocycles. The molecule has 5 nitrogen and oxygen atoms in total. The number of nitrogens with one attached hydrogen (secondary N) is 2. The highest BCUT2D eigenvalue weighted by Crippen LogP contribution is 2.30. The molecule has 2 aromatic heterocycles. The summed E-state index contributed by atoms with van der Waals surface area (Å²) in [5.41, 5.74) is 3.29. The van der Waals surface area contributed by atoms with E-state index in [1.807, 2.05) is 18.2 Å². The van der Waals surface area contributed by atoms with Crippen molar-refractivity contribution >= 4 is 39.0 Å². The lowest BCUT2D eigenvalue weighted by molar-refractivity contribution is -0.121. The first-order valence-corrected chi connectivity index (χ1v) is 12.8. The SMILES string of the molecule is O=Cc1cc(-c2cccnc2C(Cc2cc(F)cc(F)c2)NC(=O)Cc2c[nH]c3ccc(Br)cc23)ccc1F. The number of hydrogen-bond acceptors (Lipinski definition) is 3. The van der Waals surface area contributed by atoms with Gasteiger partial charge in [-0.3, -0.25) is 14.6 Å². The van der Waals surface area contributed by atoms with Gasteiger partial charge in [0.15, 0.2) is 6.29 Å². The van der Waals surface area contributed by atoms with Gasteiger partial charge >= 0.3 is 0 Å². The van der Waals surface area contributed by atoms with Crippen LogP contribution in [-0.4, -0.2) is 22.2 Å². The Bertz CT molecular complexity index is 1680. The summed E-state index contributed by atoms with van der Waals surface area (Å²) < 4.78 is 42.9. The van der Waals surface area contributed by atoms with Gasteiger partial charge in [0, 0.05) is 39.4 Å². The summed E-state index contributed by atoms with van der Waals surface area (Å²) in [6, 6.07) is 15.6. The summed E-state index contributed by atoms with van der Waals surface area (Å²) in [4.78, 5) is 32.3. The molecule has 196 valence electrons. The molecule has 0 fully saturated rings. The number of nitrogens with zero attached hydrogens (tertiary/aromatic N) is 1. The van der Waals surface area contributed by atoms with Crippen molar-refractivity contribution in [1.29, 1.82) is 0 Å². The predicted molar refractivity (Wildman–Crippen MR) is 146 cm³/mol. The van der Waals surface area contributed by atoms with Gasteiger partial charge in [-0.25, -0.2) is 13.2 Å². The number of aldehydes is 1. The minimum atomic E-state index is -0.795. The third kappa shape index (κ3) is 5.93. The number of amides is 1. The standard InChI is InChI=1S/C30H21BrF3N3O2/c31-21-4-6-27-25(13-21)19(15-36-27)12-29(39)37-28(10-17-8-22(32)14-23(33)9-17)30-24(2-1-7-35-30)18-3-5-26(34)20(11-18)16-38/h1-9,11,13-16,28,36H,10,12H2,(H,37,39). The van der Waals surface area contributed by atoms with Gasteiger partial charge in [-0.05, 0) is 71.6 Å². The lowest BCUT2D eigenvalue weighted by Crippen LogP contribution is -2.32. The Morgan fingerprint density at radius 3 is 2.59 bits per heavy atom. The summed E-state index contributed by atoms with van der Waals surface area (Å²) in [5, 5.41) is 3.86. The predicted octanol–water partition coefficient (Wildman–Crippen LogP) is 6.86. The molecule has 1 atom stereocenters. The van der Waals surface area contributed by atoms with E-state index in [4.69, 9.17) is 0 Å². The summed E-state index contributed by atoms with van der Waals surface area (Å²) in [7, 11) is 0. The molecule has 3 aromatic carbocycles. The van der Waals surface area contributed by atoms with E-state index in [-0.39, 0.29) is 24.3 Å². The maximum absolute atomic E-state index is 14.0. The van der Waals surface area contributed by atoms with Crippen molar-refractivity contribution in [1.82, 2.24) is 15.3 Å². The van der Waals surface area contributed by atoms with E-state index in [0.29, 0.717) is 28.7 Å². The Kier molecular flexibility index (Phi) is 7.60. The average molecular weight is 592 g/mol. The summed E-state index contributed by atoms with van der Waals surface area (Å²) in [6.07, 6.45) is 3.79. The topological polar surface area (TPSA) is 74.8 Å². The number of aromatic nitrogens is 2. The number of aromatic amines is 1. The van der Waals surface area contributed by atoms with E-state index in [0.717, 1.165) is 27.0 Å². The summed E-state index contributed by atoms with van der Waals surface area (Å²) >= 11 is 3.45. The minimum absolute atomic E-state index is 0.0333. The molecule has 0 spiro atoms. The van der Waals surface area contributed by atoms with Crippen LogP contribution >= 0.6 is 15.9 Å². The second-order valence-electron chi connectivity index (χ2n) is 9.07. The van der Waals surface area contributed by atoms with E-state index < -0.39 is 23.5 Å². The maximum Gasteiger partial charge on any atom is 0.225 e. The Labute approximate surface area is 230 Å². The fourth-order valence-electron chi connectivity index (χ4n) is 4.64. The molecule has 0 bridgehead atoms. The molecule has 2 heterocycles. The second-order valence-corrected chi connectivity index (χ2v) is 9.99. The van der Waals surface area contributed by atoms with Gasteiger partial charge < -0.3 is 10.3 Å². The third-order valence-corrected chi connectivity index (χ3v) is 6.87. The molecule has 2 N–H and O–H groups in total. The van der Waals surface area contributed by atoms with Crippen molar-refractivity contribution in [2.45, 2.75) is 18.9 Å². The van der Waals surface area contributed by atoms with E-state index in [1.165, 1.54) is 36.5 Å². The molecule has 0 aliphatic carbocycles. The second kappa shape index (κ2) is 11.2. The lowest BCUT2D eigenvalue weighted by atomic mass is 9.94. The number of carbonyl (C=O) groups is 2. The van der Waals surface area contributed by atoms with E-state index in [2.05, 4.69) is 31.2 Å². The smallest absolute Gasteiger partial charge is 0.225 e. The number of halogens is 4. The molecule has 5 aromatic rings. The van der Waals surface area contributed by atoms with Gasteiger partial charge in [0.25, 0.3) is 0 Å². The van der Waals surface area contributed by atoms with Gasteiger partial charge in [-0.1, -0.05) is 28.1 Å². The first-order chi connectivity index (χ1) is 18.8. The number of carbonyl (C=O) groups excluding carboxylic acids is 2. The van der Waals surface area contributed by atoms with Crippen LogP contribution in [-0.2, 0) is 17.6 Å². The van der Waals surface area contributed by atoms with Gasteiger partial charge in [0.2, 0.25) is 5.91 Å². The number of H-pyrrole nitrogens is 1. The molecule has 5 rings (SSSR count). The molecule has 1 unspecified atom stereocenters. The zero-order valence-electron chi connectivity index (χ0n) is 20.4. The highest BCUT2D eigenvalue weighted by Gasteiger charge is 2.22. The number of rotatable bonds is 8. The monoisotopic (exact) mass is 591 g/mol. The van der Waals surface area contributed by atoms with E-state index in [9.17, 15) is 22.8 Å². The molecular weight excluding hydrogens is 571 g/mol. The zero-order chi connectivity index (χ0) is 27.5. The molecule has 1 amide bonds. The number of benzene rings is 3. The highest BCUT2D eigenvalue weighted by molar-refractivity contribution is 9.10. The molecule has 0 saturated heterocycles. The Morgan fingerprint density at radius 1 is 1.03 bits per heavy atom. The summed E-state index contributed by atoms with van der Waals surface area (Å²) in [5.74, 6) is -2.48. The van der Waals surface area contributed by atoms with Crippen molar-refractivity contribution in [3.8, 4) is 11.1 Å². The third-order valence-electron chi connectivity index (χ3n) is 6.38. The van der Waals surface area contributed by atoms with E-state index >= 15 is 0 Å². The van der Waals surface area contributed by atoms with Gasteiger partial charge in [-0.15, -0.1) is 0 Å². The first-order valence-electron chi connectivity index (χ1n) is 12.0. The molecule has 9 heteroatoms. The molecule has 39 heavy (non-hydrogen) atoms. The average Bonchev–Trinajstić information content (AvgIpc) is 3.29. The lowest BCUT2D eigenvalue weighted by Gasteiger charge is -2.22. The number of hydrogen-bond donors (Lipinski definition) is 2. The fraction of sp³-hybridized carbons (Fsp3) is 0.100. The van der Waals surface area contributed by atoms with Crippen LogP contribution in [0.1, 0.15) is 33.2 Å². The van der Waals surface area contributed by atoms with Crippen molar-refractivity contribution in [2.24, 2.45) is 0 Å². The zero-order valence-corrected chi connectivity index (χ0v) is 21.9. The minimum Gasteiger partial charge on any atom is -0.361 e. The molecule has 0 saturated carbocycles. The van der Waals surface area contributed by atoms with Crippen molar-refractivity contribution in [3.63, 3.8) is 0 Å². The van der Waals surface area contributed by atoms with Gasteiger partial charge in [0.05, 0.1) is 23.7 Å². The maximum atomic E-state index is 14.0. The first kappa shape index (κ1) is 26.4. The van der Waals surface area contributed by atoms with Crippen molar-refractivity contribution < 1.29 is 22.8 Å². The van der Waals surface area contributed by atoms with E-state index in [1.54, 1.807) is 18.3 Å². The van der Waals surface area contributed by atoms with Crippen LogP contribution in [0.3, 0.4) is 0 Å². The van der Waals surface area contributed by atoms with Crippen LogP contribution in [0.4, 0.5) is 13.2 Å². The Hall–Kier alpha value is -4.24. The molecule has 0 aliphatic rings. The number of pyridine rings is 1. The van der Waals surface area contributed by atoms with Crippen LogP contribution < -0.4 is 5.32 Å². The van der Waals surface area contributed by atoms with Crippen LogP contribution in [0.25, 0.3) is 22.0 Å². The Morgan fingerprint density at radius 2 is 1.82 bits per heavy atom. The van der Waals surface area contributed by atoms with Crippen LogP contribution in [0.5, 0.6) is 0 Å². The quantitative estimate of drug-likeness (QED) is 0.193. The highest BCUT2D eigenvalue weighted by atomic mass is 79.9. The summed E-state index contributed by atoms with van der Waals surface area (Å²) in [6.45, 7) is 0.